The van der Waals surface area contributed by atoms with E-state index in [-0.39, 0.29) is 11.7 Å². The highest BCUT2D eigenvalue weighted by Gasteiger charge is 2.22. The molecule has 166 valence electrons. The summed E-state index contributed by atoms with van der Waals surface area (Å²) in [5.74, 6) is 0.183. The maximum atomic E-state index is 12.7. The summed E-state index contributed by atoms with van der Waals surface area (Å²) in [6.45, 7) is 6.17. The van der Waals surface area contributed by atoms with Crippen molar-refractivity contribution >= 4 is 11.7 Å². The second-order valence-electron chi connectivity index (χ2n) is 8.83. The van der Waals surface area contributed by atoms with Crippen molar-refractivity contribution in [1.82, 2.24) is 14.7 Å². The molecule has 4 rings (SSSR count). The van der Waals surface area contributed by atoms with Gasteiger partial charge in [0.25, 0.3) is 5.91 Å². The van der Waals surface area contributed by atoms with Gasteiger partial charge in [-0.15, -0.1) is 0 Å². The first kappa shape index (κ1) is 22.2. The molecule has 1 amide bonds. The quantitative estimate of drug-likeness (QED) is 0.745. The average Bonchev–Trinajstić information content (AvgIpc) is 3.03. The van der Waals surface area contributed by atoms with Gasteiger partial charge in [0, 0.05) is 51.1 Å². The van der Waals surface area contributed by atoms with E-state index in [1.807, 2.05) is 36.4 Å². The van der Waals surface area contributed by atoms with Gasteiger partial charge in [-0.05, 0) is 61.4 Å². The molecular weight excluding hydrogens is 400 g/mol. The number of piperidine rings is 1. The minimum Gasteiger partial charge on any atom is -0.338 e. The molecule has 0 bridgehead atoms. The van der Waals surface area contributed by atoms with E-state index in [4.69, 9.17) is 0 Å². The van der Waals surface area contributed by atoms with Crippen molar-refractivity contribution in [3.8, 4) is 17.2 Å². The highest BCUT2D eigenvalue weighted by Crippen LogP contribution is 2.26. The summed E-state index contributed by atoms with van der Waals surface area (Å²) in [6, 6.07) is 15.9. The maximum absolute atomic E-state index is 12.7. The van der Waals surface area contributed by atoms with Crippen LogP contribution in [0.3, 0.4) is 0 Å². The highest BCUT2D eigenvalue weighted by atomic mass is 16.2. The second-order valence-corrected chi connectivity index (χ2v) is 8.83. The summed E-state index contributed by atoms with van der Waals surface area (Å²) >= 11 is 0. The monoisotopic (exact) mass is 430 g/mol. The molecule has 0 atom stereocenters. The lowest BCUT2D eigenvalue weighted by Crippen LogP contribution is -2.38. The van der Waals surface area contributed by atoms with Crippen LogP contribution in [0.15, 0.2) is 42.5 Å². The van der Waals surface area contributed by atoms with Gasteiger partial charge in [-0.25, -0.2) is 0 Å². The molecule has 0 aromatic heterocycles. The zero-order chi connectivity index (χ0) is 22.5. The number of Topliss-reactive ketones (excluding diaryl/α,β-unsaturated/α-hetero) is 1. The van der Waals surface area contributed by atoms with Gasteiger partial charge in [0.15, 0.2) is 0 Å². The van der Waals surface area contributed by atoms with Crippen LogP contribution in [0.25, 0.3) is 11.1 Å². The van der Waals surface area contributed by atoms with E-state index in [2.05, 4.69) is 29.0 Å². The summed E-state index contributed by atoms with van der Waals surface area (Å²) in [5, 5.41) is 9.77. The molecule has 2 aromatic rings. The van der Waals surface area contributed by atoms with Crippen LogP contribution in [0, 0.1) is 11.3 Å². The zero-order valence-electron chi connectivity index (χ0n) is 18.7. The Morgan fingerprint density at radius 1 is 0.969 bits per heavy atom. The third kappa shape index (κ3) is 5.24. The Morgan fingerprint density at radius 2 is 1.72 bits per heavy atom. The number of likely N-dealkylation sites (N-methyl/N-ethyl adjacent to an activating group) is 1. The van der Waals surface area contributed by atoms with Gasteiger partial charge in [-0.2, -0.15) is 5.26 Å². The molecule has 0 radical (unpaired) electrons. The first-order chi connectivity index (χ1) is 15.5. The van der Waals surface area contributed by atoms with Gasteiger partial charge < -0.3 is 9.80 Å². The van der Waals surface area contributed by atoms with E-state index in [0.29, 0.717) is 37.1 Å². The fourth-order valence-corrected chi connectivity index (χ4v) is 4.48. The highest BCUT2D eigenvalue weighted by molar-refractivity contribution is 5.96. The van der Waals surface area contributed by atoms with Crippen molar-refractivity contribution in [1.29, 1.82) is 5.26 Å². The number of benzene rings is 2. The van der Waals surface area contributed by atoms with Crippen LogP contribution in [0.2, 0.25) is 0 Å². The van der Waals surface area contributed by atoms with Gasteiger partial charge in [0.2, 0.25) is 0 Å². The number of hydrogen-bond donors (Lipinski definition) is 0. The largest absolute Gasteiger partial charge is 0.338 e. The van der Waals surface area contributed by atoms with Crippen LogP contribution in [0.5, 0.6) is 0 Å². The number of hydrogen-bond acceptors (Lipinski definition) is 5. The SMILES string of the molecule is CN1CCCN(Cc2ccc(-c3ccc(C(=O)N4CCC(=O)CC4)cc3)c(C#N)c2)CC1. The van der Waals surface area contributed by atoms with Gasteiger partial charge in [0.05, 0.1) is 11.6 Å². The summed E-state index contributed by atoms with van der Waals surface area (Å²) < 4.78 is 0. The van der Waals surface area contributed by atoms with Gasteiger partial charge in [0.1, 0.15) is 5.78 Å². The van der Waals surface area contributed by atoms with Gasteiger partial charge >= 0.3 is 0 Å². The predicted molar refractivity (Wildman–Crippen MR) is 124 cm³/mol. The lowest BCUT2D eigenvalue weighted by molar-refractivity contribution is -0.120. The molecule has 0 N–H and O–H groups in total. The summed E-state index contributed by atoms with van der Waals surface area (Å²) in [7, 11) is 2.17. The van der Waals surface area contributed by atoms with Crippen molar-refractivity contribution < 1.29 is 9.59 Å². The van der Waals surface area contributed by atoms with E-state index < -0.39 is 0 Å². The Morgan fingerprint density at radius 3 is 2.44 bits per heavy atom. The molecule has 2 fully saturated rings. The zero-order valence-corrected chi connectivity index (χ0v) is 18.7. The summed E-state index contributed by atoms with van der Waals surface area (Å²) in [4.78, 5) is 30.7. The molecule has 0 spiro atoms. The van der Waals surface area contributed by atoms with E-state index in [1.54, 1.807) is 4.90 Å². The lowest BCUT2D eigenvalue weighted by Gasteiger charge is -2.26. The lowest BCUT2D eigenvalue weighted by atomic mass is 9.97. The Bertz CT molecular complexity index is 1020. The number of ketones is 1. The van der Waals surface area contributed by atoms with Crippen molar-refractivity contribution in [2.24, 2.45) is 0 Å². The third-order valence-electron chi connectivity index (χ3n) is 6.47. The first-order valence-electron chi connectivity index (χ1n) is 11.4. The minimum absolute atomic E-state index is 0.0389. The minimum atomic E-state index is -0.0389. The molecule has 0 unspecified atom stereocenters. The van der Waals surface area contributed by atoms with Crippen LogP contribution in [0.1, 0.15) is 40.7 Å². The van der Waals surface area contributed by atoms with Crippen LogP contribution in [-0.2, 0) is 11.3 Å². The van der Waals surface area contributed by atoms with Crippen molar-refractivity contribution in [2.45, 2.75) is 25.8 Å². The van der Waals surface area contributed by atoms with Crippen LogP contribution >= 0.6 is 0 Å². The van der Waals surface area contributed by atoms with E-state index in [1.165, 1.54) is 6.42 Å². The fraction of sp³-hybridized carbons (Fsp3) is 0.423. The molecule has 2 aliphatic rings. The molecule has 32 heavy (non-hydrogen) atoms. The second kappa shape index (κ2) is 10.1. The predicted octanol–water partition coefficient (Wildman–Crippen LogP) is 3.17. The number of carbonyl (C=O) groups is 2. The number of nitrogens with zero attached hydrogens (tertiary/aromatic N) is 4. The number of carbonyl (C=O) groups excluding carboxylic acids is 2. The smallest absolute Gasteiger partial charge is 0.253 e. The van der Waals surface area contributed by atoms with Crippen molar-refractivity contribution in [3.63, 3.8) is 0 Å². The molecule has 2 saturated heterocycles. The topological polar surface area (TPSA) is 67.7 Å². The van der Waals surface area contributed by atoms with Gasteiger partial charge in [-0.1, -0.05) is 24.3 Å². The summed E-state index contributed by atoms with van der Waals surface area (Å²) in [5.41, 5.74) is 4.23. The normalized spacial score (nSPS) is 18.2. The molecule has 2 aliphatic heterocycles. The van der Waals surface area contributed by atoms with Crippen LogP contribution in [-0.4, -0.2) is 72.7 Å². The van der Waals surface area contributed by atoms with Crippen molar-refractivity contribution in [3.05, 3.63) is 59.2 Å². The van der Waals surface area contributed by atoms with Crippen LogP contribution in [0.4, 0.5) is 0 Å². The molecule has 2 aromatic carbocycles. The number of nitriles is 1. The van der Waals surface area contributed by atoms with E-state index in [9.17, 15) is 14.9 Å². The van der Waals surface area contributed by atoms with E-state index in [0.717, 1.165) is 49.4 Å². The molecular formula is C26H30N4O2. The molecule has 0 aliphatic carbocycles. The Labute approximate surface area is 190 Å². The van der Waals surface area contributed by atoms with Crippen LogP contribution < -0.4 is 0 Å². The van der Waals surface area contributed by atoms with Gasteiger partial charge in [-0.3, -0.25) is 14.5 Å². The number of likely N-dealkylation sites (tertiary alicyclic amines) is 1. The molecule has 6 heteroatoms. The first-order valence-corrected chi connectivity index (χ1v) is 11.4. The van der Waals surface area contributed by atoms with E-state index >= 15 is 0 Å². The van der Waals surface area contributed by atoms with Crippen molar-refractivity contribution in [2.75, 3.05) is 46.3 Å². The maximum Gasteiger partial charge on any atom is 0.253 e. The molecule has 6 nitrogen and oxygen atoms in total. The average molecular weight is 431 g/mol. The Balaban J connectivity index is 1.46. The Hall–Kier alpha value is -3.01. The standard InChI is InChI=1S/C26H30N4O2/c1-28-11-2-12-29(16-15-28)19-20-3-8-25(23(17-20)18-27)21-4-6-22(7-5-21)26(32)30-13-9-24(31)10-14-30/h3-8,17H,2,9-16,19H2,1H3. The number of amides is 1. The molecule has 0 saturated carbocycles. The Kier molecular flexibility index (Phi) is 6.99. The molecule has 2 heterocycles. The summed E-state index contributed by atoms with van der Waals surface area (Å²) in [6.07, 6.45) is 2.05. The number of rotatable bonds is 4. The third-order valence-corrected chi connectivity index (χ3v) is 6.47. The fourth-order valence-electron chi connectivity index (χ4n) is 4.48.